The van der Waals surface area contributed by atoms with Crippen molar-refractivity contribution in [2.75, 3.05) is 12.3 Å². The Kier molecular flexibility index (Phi) is 3.50. The molecule has 0 bridgehead atoms. The van der Waals surface area contributed by atoms with E-state index in [4.69, 9.17) is 10.2 Å². The highest BCUT2D eigenvalue weighted by atomic mass is 31.2. The van der Waals surface area contributed by atoms with Crippen molar-refractivity contribution in [3.63, 3.8) is 0 Å². The fraction of sp³-hybridized carbons (Fsp3) is 0.385. The van der Waals surface area contributed by atoms with Crippen LogP contribution in [0.5, 0.6) is 0 Å². The monoisotopic (exact) mass is 282 g/mol. The molecular weight excluding hydrogens is 267 g/mol. The van der Waals surface area contributed by atoms with E-state index in [1.54, 1.807) is 24.3 Å². The zero-order chi connectivity index (χ0) is 14.1. The largest absolute Gasteiger partial charge is 0.480 e. The smallest absolute Gasteiger partial charge is 0.321 e. The number of carbonyl (C=O) groups is 2. The summed E-state index contributed by atoms with van der Waals surface area (Å²) in [5.74, 6) is -2.67. The summed E-state index contributed by atoms with van der Waals surface area (Å²) < 4.78 is 12.8. The highest BCUT2D eigenvalue weighted by molar-refractivity contribution is 7.71. The Labute approximate surface area is 110 Å². The SMILES string of the molecule is O=C(O)C1(C(=O)O)CCP(=O)(c2ccccc2)CC1. The molecule has 5 nitrogen and oxygen atoms in total. The molecule has 1 aromatic rings. The van der Waals surface area contributed by atoms with Crippen molar-refractivity contribution in [1.29, 1.82) is 0 Å². The molecule has 2 rings (SSSR count). The molecule has 0 atom stereocenters. The highest BCUT2D eigenvalue weighted by Crippen LogP contribution is 2.54. The molecule has 0 aliphatic carbocycles. The van der Waals surface area contributed by atoms with Crippen LogP contribution in [-0.4, -0.2) is 34.5 Å². The topological polar surface area (TPSA) is 91.7 Å². The van der Waals surface area contributed by atoms with Gasteiger partial charge in [-0.25, -0.2) is 0 Å². The van der Waals surface area contributed by atoms with E-state index in [1.807, 2.05) is 6.07 Å². The van der Waals surface area contributed by atoms with Gasteiger partial charge in [-0.3, -0.25) is 9.59 Å². The van der Waals surface area contributed by atoms with E-state index in [1.165, 1.54) is 0 Å². The van der Waals surface area contributed by atoms with E-state index in [0.29, 0.717) is 5.30 Å². The van der Waals surface area contributed by atoms with Crippen LogP contribution in [0.2, 0.25) is 0 Å². The van der Waals surface area contributed by atoms with Crippen molar-refractivity contribution in [2.45, 2.75) is 12.8 Å². The average Bonchev–Trinajstić information content (AvgIpc) is 2.40. The van der Waals surface area contributed by atoms with Crippen molar-refractivity contribution < 1.29 is 24.4 Å². The fourth-order valence-corrected chi connectivity index (χ4v) is 5.40. The Morgan fingerprint density at radius 2 is 1.47 bits per heavy atom. The highest BCUT2D eigenvalue weighted by Gasteiger charge is 2.51. The predicted molar refractivity (Wildman–Crippen MR) is 70.4 cm³/mol. The van der Waals surface area contributed by atoms with Crippen LogP contribution >= 0.6 is 7.14 Å². The van der Waals surface area contributed by atoms with Crippen molar-refractivity contribution in [1.82, 2.24) is 0 Å². The number of benzene rings is 1. The van der Waals surface area contributed by atoms with Crippen LogP contribution in [0.25, 0.3) is 0 Å². The first kappa shape index (κ1) is 13.8. The maximum atomic E-state index is 12.8. The van der Waals surface area contributed by atoms with Crippen molar-refractivity contribution in [2.24, 2.45) is 5.41 Å². The molecule has 102 valence electrons. The number of carboxylic acids is 2. The molecule has 1 saturated heterocycles. The first-order valence-corrected chi connectivity index (χ1v) is 8.09. The van der Waals surface area contributed by atoms with E-state index in [-0.39, 0.29) is 25.2 Å². The zero-order valence-corrected chi connectivity index (χ0v) is 11.2. The lowest BCUT2D eigenvalue weighted by Crippen LogP contribution is -2.44. The Morgan fingerprint density at radius 3 is 1.89 bits per heavy atom. The molecule has 1 aromatic carbocycles. The van der Waals surface area contributed by atoms with E-state index in [2.05, 4.69) is 0 Å². The Bertz CT molecular complexity index is 523. The maximum absolute atomic E-state index is 12.8. The number of hydrogen-bond donors (Lipinski definition) is 2. The molecule has 0 saturated carbocycles. The number of hydrogen-bond acceptors (Lipinski definition) is 3. The molecule has 0 spiro atoms. The lowest BCUT2D eigenvalue weighted by atomic mass is 9.82. The third-order valence-corrected chi connectivity index (χ3v) is 6.98. The molecule has 1 fully saturated rings. The van der Waals surface area contributed by atoms with Crippen molar-refractivity contribution >= 4 is 24.4 Å². The van der Waals surface area contributed by atoms with Gasteiger partial charge in [0.15, 0.2) is 5.41 Å². The second-order valence-electron chi connectivity index (χ2n) is 4.86. The van der Waals surface area contributed by atoms with Crippen LogP contribution < -0.4 is 5.30 Å². The number of rotatable bonds is 3. The van der Waals surface area contributed by atoms with E-state index < -0.39 is 24.5 Å². The van der Waals surface area contributed by atoms with Crippen LogP contribution in [-0.2, 0) is 14.2 Å². The molecule has 1 aliphatic rings. The molecule has 19 heavy (non-hydrogen) atoms. The van der Waals surface area contributed by atoms with Crippen molar-refractivity contribution in [3.05, 3.63) is 30.3 Å². The molecule has 0 amide bonds. The van der Waals surface area contributed by atoms with Crippen LogP contribution in [0, 0.1) is 5.41 Å². The van der Waals surface area contributed by atoms with E-state index in [0.717, 1.165) is 0 Å². The molecule has 2 N–H and O–H groups in total. The molecule has 1 aliphatic heterocycles. The van der Waals surface area contributed by atoms with Gasteiger partial charge in [0.1, 0.15) is 7.14 Å². The number of aliphatic carboxylic acids is 2. The summed E-state index contributed by atoms with van der Waals surface area (Å²) in [4.78, 5) is 22.4. The fourth-order valence-electron chi connectivity index (χ4n) is 2.46. The van der Waals surface area contributed by atoms with Gasteiger partial charge in [0.05, 0.1) is 0 Å². The molecule has 0 radical (unpaired) electrons. The molecule has 1 heterocycles. The van der Waals surface area contributed by atoms with Crippen LogP contribution in [0.3, 0.4) is 0 Å². The van der Waals surface area contributed by atoms with E-state index in [9.17, 15) is 14.2 Å². The first-order valence-electron chi connectivity index (χ1n) is 6.01. The van der Waals surface area contributed by atoms with Gasteiger partial charge in [0, 0.05) is 17.6 Å². The van der Waals surface area contributed by atoms with Gasteiger partial charge in [-0.1, -0.05) is 30.3 Å². The Morgan fingerprint density at radius 1 is 1.00 bits per heavy atom. The summed E-state index contributed by atoms with van der Waals surface area (Å²) in [6.07, 6.45) is 0.110. The van der Waals surface area contributed by atoms with Crippen LogP contribution in [0.1, 0.15) is 12.8 Å². The summed E-state index contributed by atoms with van der Waals surface area (Å²) in [6, 6.07) is 8.90. The summed E-state index contributed by atoms with van der Waals surface area (Å²) in [5.41, 5.74) is -1.78. The second-order valence-corrected chi connectivity index (χ2v) is 8.05. The van der Waals surface area contributed by atoms with Gasteiger partial charge in [0.2, 0.25) is 0 Å². The van der Waals surface area contributed by atoms with Gasteiger partial charge in [-0.05, 0) is 12.8 Å². The molecule has 0 aromatic heterocycles. The second kappa shape index (κ2) is 4.82. The maximum Gasteiger partial charge on any atom is 0.321 e. The van der Waals surface area contributed by atoms with Gasteiger partial charge < -0.3 is 14.8 Å². The van der Waals surface area contributed by atoms with Gasteiger partial charge in [-0.15, -0.1) is 0 Å². The van der Waals surface area contributed by atoms with Crippen LogP contribution in [0.4, 0.5) is 0 Å². The summed E-state index contributed by atoms with van der Waals surface area (Å²) in [5, 5.41) is 19.0. The van der Waals surface area contributed by atoms with Crippen molar-refractivity contribution in [3.8, 4) is 0 Å². The predicted octanol–water partition coefficient (Wildman–Crippen LogP) is 1.62. The lowest BCUT2D eigenvalue weighted by molar-refractivity contribution is -0.165. The minimum absolute atomic E-state index is 0.0795. The van der Waals surface area contributed by atoms with E-state index >= 15 is 0 Å². The summed E-state index contributed by atoms with van der Waals surface area (Å²) in [7, 11) is -2.65. The third kappa shape index (κ3) is 2.30. The zero-order valence-electron chi connectivity index (χ0n) is 10.3. The molecule has 6 heteroatoms. The third-order valence-electron chi connectivity index (χ3n) is 3.85. The molecular formula is C13H15O5P. The minimum atomic E-state index is -2.65. The quantitative estimate of drug-likeness (QED) is 0.649. The molecule has 0 unspecified atom stereocenters. The standard InChI is InChI=1S/C13H15O5P/c14-11(15)13(12(16)17)6-8-19(18,9-7-13)10-4-2-1-3-5-10/h1-5H,6-9H2,(H,14,15)(H,16,17). The lowest BCUT2D eigenvalue weighted by Gasteiger charge is -2.33. The van der Waals surface area contributed by atoms with Crippen LogP contribution in [0.15, 0.2) is 30.3 Å². The van der Waals surface area contributed by atoms with Gasteiger partial charge >= 0.3 is 11.9 Å². The Balaban J connectivity index is 2.26. The normalized spacial score (nSPS) is 20.6. The summed E-state index contributed by atoms with van der Waals surface area (Å²) in [6.45, 7) is 0. The Hall–Kier alpha value is -1.61. The minimum Gasteiger partial charge on any atom is -0.480 e. The van der Waals surface area contributed by atoms with Gasteiger partial charge in [0.25, 0.3) is 0 Å². The van der Waals surface area contributed by atoms with Gasteiger partial charge in [-0.2, -0.15) is 0 Å². The summed E-state index contributed by atoms with van der Waals surface area (Å²) >= 11 is 0. The first-order chi connectivity index (χ1) is 8.91. The average molecular weight is 282 g/mol. The number of carboxylic acid groups (broad SMARTS) is 2.